The number of carbonyl (C=O) groups is 2. The zero-order valence-electron chi connectivity index (χ0n) is 17.0. The second kappa shape index (κ2) is 10.6. The molecule has 1 unspecified atom stereocenters. The van der Waals surface area contributed by atoms with E-state index in [0.717, 1.165) is 16.9 Å². The number of methoxy groups -OCH3 is 1. The minimum absolute atomic E-state index is 0.210. The highest BCUT2D eigenvalue weighted by Gasteiger charge is 2.22. The van der Waals surface area contributed by atoms with Gasteiger partial charge in [-0.25, -0.2) is 5.43 Å². The number of hydrogen-bond donors (Lipinski definition) is 2. The molecule has 0 heterocycles. The van der Waals surface area contributed by atoms with Crippen LogP contribution in [0.25, 0.3) is 0 Å². The number of halogens is 1. The van der Waals surface area contributed by atoms with Crippen molar-refractivity contribution < 1.29 is 14.3 Å². The SMILES string of the molecule is COc1cc(C=NNC(=O)C(CC(C)C)NC(=O)c2ccc(Cl)cc2)ccc1C. The minimum Gasteiger partial charge on any atom is -0.496 e. The maximum Gasteiger partial charge on any atom is 0.262 e. The molecule has 0 spiro atoms. The number of nitrogens with one attached hydrogen (secondary N) is 2. The molecule has 29 heavy (non-hydrogen) atoms. The van der Waals surface area contributed by atoms with E-state index >= 15 is 0 Å². The molecule has 0 bridgehead atoms. The molecule has 2 N–H and O–H groups in total. The first-order valence-electron chi connectivity index (χ1n) is 9.34. The van der Waals surface area contributed by atoms with Gasteiger partial charge in [-0.3, -0.25) is 9.59 Å². The van der Waals surface area contributed by atoms with Crippen LogP contribution >= 0.6 is 11.6 Å². The van der Waals surface area contributed by atoms with Gasteiger partial charge in [0, 0.05) is 10.6 Å². The first-order chi connectivity index (χ1) is 13.8. The van der Waals surface area contributed by atoms with Gasteiger partial charge in [-0.2, -0.15) is 5.10 Å². The van der Waals surface area contributed by atoms with Crippen molar-refractivity contribution >= 4 is 29.6 Å². The molecule has 6 nitrogen and oxygen atoms in total. The van der Waals surface area contributed by atoms with Crippen molar-refractivity contribution in [3.8, 4) is 5.75 Å². The van der Waals surface area contributed by atoms with Crippen molar-refractivity contribution in [3.63, 3.8) is 0 Å². The molecule has 0 aliphatic heterocycles. The number of carbonyl (C=O) groups excluding carboxylic acids is 2. The zero-order valence-corrected chi connectivity index (χ0v) is 17.8. The van der Waals surface area contributed by atoms with Gasteiger partial charge in [-0.05, 0) is 60.7 Å². The van der Waals surface area contributed by atoms with Crippen molar-refractivity contribution in [3.05, 3.63) is 64.2 Å². The Hall–Kier alpha value is -2.86. The summed E-state index contributed by atoms with van der Waals surface area (Å²) in [4.78, 5) is 25.0. The molecule has 2 rings (SSSR count). The second-order valence-electron chi connectivity index (χ2n) is 7.13. The van der Waals surface area contributed by atoms with E-state index < -0.39 is 6.04 Å². The molecule has 0 aliphatic rings. The Kier molecular flexibility index (Phi) is 8.21. The third kappa shape index (κ3) is 6.91. The van der Waals surface area contributed by atoms with Crippen LogP contribution in [0.1, 0.15) is 41.8 Å². The van der Waals surface area contributed by atoms with E-state index in [1.165, 1.54) is 6.21 Å². The van der Waals surface area contributed by atoms with Crippen LogP contribution in [0, 0.1) is 12.8 Å². The van der Waals surface area contributed by atoms with Crippen LogP contribution in [0.2, 0.25) is 5.02 Å². The van der Waals surface area contributed by atoms with Gasteiger partial charge in [0.1, 0.15) is 11.8 Å². The molecule has 0 radical (unpaired) electrons. The standard InChI is InChI=1S/C22H26ClN3O3/c1-14(2)11-19(25-21(27)17-7-9-18(23)10-8-17)22(28)26-24-13-16-6-5-15(3)20(12-16)29-4/h5-10,12-14,19H,11H2,1-4H3,(H,25,27)(H,26,28). The highest BCUT2D eigenvalue weighted by Crippen LogP contribution is 2.17. The van der Waals surface area contributed by atoms with Gasteiger partial charge >= 0.3 is 0 Å². The number of ether oxygens (including phenoxy) is 1. The largest absolute Gasteiger partial charge is 0.496 e. The molecule has 0 saturated carbocycles. The van der Waals surface area contributed by atoms with Crippen LogP contribution in [-0.4, -0.2) is 31.2 Å². The lowest BCUT2D eigenvalue weighted by molar-refractivity contribution is -0.123. The van der Waals surface area contributed by atoms with Crippen molar-refractivity contribution in [1.29, 1.82) is 0 Å². The fourth-order valence-corrected chi connectivity index (χ4v) is 2.84. The van der Waals surface area contributed by atoms with E-state index in [1.54, 1.807) is 31.4 Å². The Bertz CT molecular complexity index is 879. The smallest absolute Gasteiger partial charge is 0.262 e. The number of rotatable bonds is 8. The van der Waals surface area contributed by atoms with Crippen LogP contribution in [0.3, 0.4) is 0 Å². The van der Waals surface area contributed by atoms with E-state index in [-0.39, 0.29) is 17.7 Å². The van der Waals surface area contributed by atoms with Gasteiger partial charge in [0.05, 0.1) is 13.3 Å². The highest BCUT2D eigenvalue weighted by molar-refractivity contribution is 6.30. The van der Waals surface area contributed by atoms with Crippen LogP contribution in [0.5, 0.6) is 5.75 Å². The summed E-state index contributed by atoms with van der Waals surface area (Å²) in [5, 5.41) is 7.33. The normalized spacial score (nSPS) is 12.1. The van der Waals surface area contributed by atoms with Gasteiger partial charge in [-0.15, -0.1) is 0 Å². The van der Waals surface area contributed by atoms with E-state index in [4.69, 9.17) is 16.3 Å². The Morgan fingerprint density at radius 3 is 2.48 bits per heavy atom. The van der Waals surface area contributed by atoms with Crippen LogP contribution in [0.4, 0.5) is 0 Å². The predicted octanol–water partition coefficient (Wildman–Crippen LogP) is 3.95. The van der Waals surface area contributed by atoms with Crippen LogP contribution < -0.4 is 15.5 Å². The summed E-state index contributed by atoms with van der Waals surface area (Å²) < 4.78 is 5.28. The maximum absolute atomic E-state index is 12.6. The molecule has 154 valence electrons. The first-order valence-corrected chi connectivity index (χ1v) is 9.72. The third-order valence-electron chi connectivity index (χ3n) is 4.26. The lowest BCUT2D eigenvalue weighted by Crippen LogP contribution is -2.46. The van der Waals surface area contributed by atoms with Gasteiger partial charge in [0.25, 0.3) is 11.8 Å². The molecular weight excluding hydrogens is 390 g/mol. The van der Waals surface area contributed by atoms with Crippen molar-refractivity contribution in [2.75, 3.05) is 7.11 Å². The average Bonchev–Trinajstić information content (AvgIpc) is 2.68. The fraction of sp³-hybridized carbons (Fsp3) is 0.318. The van der Waals surface area contributed by atoms with Crippen molar-refractivity contribution in [2.45, 2.75) is 33.2 Å². The highest BCUT2D eigenvalue weighted by atomic mass is 35.5. The molecule has 1 atom stereocenters. The summed E-state index contributed by atoms with van der Waals surface area (Å²) in [6.07, 6.45) is 2.02. The maximum atomic E-state index is 12.6. The molecular formula is C22H26ClN3O3. The fourth-order valence-electron chi connectivity index (χ4n) is 2.71. The Balaban J connectivity index is 2.04. The molecule has 7 heteroatoms. The lowest BCUT2D eigenvalue weighted by Gasteiger charge is -2.19. The van der Waals surface area contributed by atoms with Gasteiger partial charge in [0.2, 0.25) is 0 Å². The second-order valence-corrected chi connectivity index (χ2v) is 7.56. The number of aryl methyl sites for hydroxylation is 1. The first kappa shape index (κ1) is 22.4. The Morgan fingerprint density at radius 2 is 1.86 bits per heavy atom. The molecule has 0 fully saturated rings. The van der Waals surface area contributed by atoms with Crippen molar-refractivity contribution in [1.82, 2.24) is 10.7 Å². The van der Waals surface area contributed by atoms with Gasteiger partial charge in [0.15, 0.2) is 0 Å². The lowest BCUT2D eigenvalue weighted by atomic mass is 10.0. The van der Waals surface area contributed by atoms with E-state index in [9.17, 15) is 9.59 Å². The van der Waals surface area contributed by atoms with E-state index in [1.807, 2.05) is 39.0 Å². The van der Waals surface area contributed by atoms with Crippen LogP contribution in [0.15, 0.2) is 47.6 Å². The number of nitrogens with zero attached hydrogens (tertiary/aromatic N) is 1. The molecule has 2 amide bonds. The summed E-state index contributed by atoms with van der Waals surface area (Å²) in [7, 11) is 1.60. The average molecular weight is 416 g/mol. The van der Waals surface area contributed by atoms with Crippen molar-refractivity contribution in [2.24, 2.45) is 11.0 Å². The molecule has 0 aliphatic carbocycles. The number of amides is 2. The monoisotopic (exact) mass is 415 g/mol. The molecule has 2 aromatic carbocycles. The number of benzene rings is 2. The minimum atomic E-state index is -0.706. The van der Waals surface area contributed by atoms with Crippen LogP contribution in [-0.2, 0) is 4.79 Å². The zero-order chi connectivity index (χ0) is 21.4. The quantitative estimate of drug-likeness (QED) is 0.506. The summed E-state index contributed by atoms with van der Waals surface area (Å²) in [6, 6.07) is 11.4. The van der Waals surface area contributed by atoms with Gasteiger partial charge < -0.3 is 10.1 Å². The third-order valence-corrected chi connectivity index (χ3v) is 4.51. The summed E-state index contributed by atoms with van der Waals surface area (Å²) >= 11 is 5.86. The predicted molar refractivity (Wildman–Crippen MR) is 116 cm³/mol. The van der Waals surface area contributed by atoms with Gasteiger partial charge in [-0.1, -0.05) is 37.6 Å². The Morgan fingerprint density at radius 1 is 1.17 bits per heavy atom. The number of hydrogen-bond acceptors (Lipinski definition) is 4. The summed E-state index contributed by atoms with van der Waals surface area (Å²) in [5.41, 5.74) is 4.74. The van der Waals surface area contributed by atoms with E-state index in [0.29, 0.717) is 17.0 Å². The van der Waals surface area contributed by atoms with E-state index in [2.05, 4.69) is 15.8 Å². The molecule has 2 aromatic rings. The summed E-state index contributed by atoms with van der Waals surface area (Å²) in [5.74, 6) is 0.237. The Labute approximate surface area is 176 Å². The topological polar surface area (TPSA) is 79.8 Å². The molecule has 0 aromatic heterocycles. The summed E-state index contributed by atoms with van der Waals surface area (Å²) in [6.45, 7) is 5.91. The molecule has 0 saturated heterocycles. The number of hydrazone groups is 1.